The van der Waals surface area contributed by atoms with Crippen LogP contribution in [0.1, 0.15) is 10.4 Å². The number of nitrogens with zero attached hydrogens (tertiary/aromatic N) is 1. The van der Waals surface area contributed by atoms with E-state index in [2.05, 4.69) is 9.47 Å². The summed E-state index contributed by atoms with van der Waals surface area (Å²) in [5.41, 5.74) is 0.197. The van der Waals surface area contributed by atoms with Crippen molar-refractivity contribution in [3.8, 4) is 5.75 Å². The van der Waals surface area contributed by atoms with Crippen molar-refractivity contribution in [2.75, 3.05) is 26.1 Å². The van der Waals surface area contributed by atoms with E-state index >= 15 is 0 Å². The topological polar surface area (TPSA) is 38.8 Å². The molecule has 0 fully saturated rings. The first-order chi connectivity index (χ1) is 8.24. The van der Waals surface area contributed by atoms with Crippen LogP contribution in [-0.2, 0) is 4.74 Å². The number of rotatable bonds is 3. The summed E-state index contributed by atoms with van der Waals surface area (Å²) < 4.78 is 44.9. The lowest BCUT2D eigenvalue weighted by molar-refractivity contribution is -0.274. The summed E-state index contributed by atoms with van der Waals surface area (Å²) in [6, 6.07) is 3.84. The van der Waals surface area contributed by atoms with E-state index in [0.717, 1.165) is 13.2 Å². The molecule has 0 heterocycles. The molecule has 0 N–H and O–H groups in total. The van der Waals surface area contributed by atoms with E-state index < -0.39 is 18.1 Å². The molecule has 0 unspecified atom stereocenters. The molecule has 0 atom stereocenters. The third kappa shape index (κ3) is 3.54. The fraction of sp³-hybridized carbons (Fsp3) is 0.364. The maximum Gasteiger partial charge on any atom is 0.573 e. The smallest absolute Gasteiger partial charge is 0.465 e. The van der Waals surface area contributed by atoms with E-state index in [1.54, 1.807) is 19.0 Å². The average molecular weight is 263 g/mol. The van der Waals surface area contributed by atoms with Gasteiger partial charge in [0.15, 0.2) is 0 Å². The molecule has 1 aromatic carbocycles. The Morgan fingerprint density at radius 3 is 2.33 bits per heavy atom. The summed E-state index contributed by atoms with van der Waals surface area (Å²) in [6.07, 6.45) is -4.87. The first kappa shape index (κ1) is 14.1. The van der Waals surface area contributed by atoms with E-state index in [4.69, 9.17) is 0 Å². The highest BCUT2D eigenvalue weighted by atomic mass is 19.4. The van der Waals surface area contributed by atoms with Crippen molar-refractivity contribution in [3.63, 3.8) is 0 Å². The van der Waals surface area contributed by atoms with Gasteiger partial charge in [0.25, 0.3) is 0 Å². The Morgan fingerprint density at radius 1 is 1.28 bits per heavy atom. The van der Waals surface area contributed by atoms with E-state index in [-0.39, 0.29) is 5.56 Å². The predicted octanol–water partition coefficient (Wildman–Crippen LogP) is 2.44. The van der Waals surface area contributed by atoms with Gasteiger partial charge in [-0.3, -0.25) is 0 Å². The maximum absolute atomic E-state index is 12.2. The van der Waals surface area contributed by atoms with Crippen molar-refractivity contribution in [1.29, 1.82) is 0 Å². The molecule has 0 saturated heterocycles. The first-order valence-corrected chi connectivity index (χ1v) is 4.90. The highest BCUT2D eigenvalue weighted by Gasteiger charge is 2.33. The van der Waals surface area contributed by atoms with Crippen molar-refractivity contribution in [1.82, 2.24) is 0 Å². The van der Waals surface area contributed by atoms with E-state index in [1.165, 1.54) is 12.1 Å². The molecule has 0 radical (unpaired) electrons. The summed E-state index contributed by atoms with van der Waals surface area (Å²) >= 11 is 0. The zero-order chi connectivity index (χ0) is 13.9. The van der Waals surface area contributed by atoms with Gasteiger partial charge in [0.1, 0.15) is 11.3 Å². The van der Waals surface area contributed by atoms with Crippen molar-refractivity contribution >= 4 is 11.7 Å². The van der Waals surface area contributed by atoms with Gasteiger partial charge in [-0.2, -0.15) is 0 Å². The molecule has 1 aromatic rings. The number of halogens is 3. The summed E-state index contributed by atoms with van der Waals surface area (Å²) in [5.74, 6) is -1.47. The number of hydrogen-bond acceptors (Lipinski definition) is 4. The molecule has 0 aliphatic carbocycles. The van der Waals surface area contributed by atoms with Gasteiger partial charge in [-0.1, -0.05) is 0 Å². The van der Waals surface area contributed by atoms with Gasteiger partial charge in [0.2, 0.25) is 0 Å². The monoisotopic (exact) mass is 263 g/mol. The molecule has 7 heteroatoms. The summed E-state index contributed by atoms with van der Waals surface area (Å²) in [4.78, 5) is 12.9. The normalized spacial score (nSPS) is 11.0. The van der Waals surface area contributed by atoms with Crippen molar-refractivity contribution in [2.45, 2.75) is 6.36 Å². The molecule has 4 nitrogen and oxygen atoms in total. The largest absolute Gasteiger partial charge is 0.573 e. The SMILES string of the molecule is COC(=O)c1ccc(N(C)C)cc1OC(F)(F)F. The van der Waals surface area contributed by atoms with Gasteiger partial charge in [-0.05, 0) is 12.1 Å². The van der Waals surface area contributed by atoms with E-state index in [9.17, 15) is 18.0 Å². The van der Waals surface area contributed by atoms with Gasteiger partial charge < -0.3 is 14.4 Å². The van der Waals surface area contributed by atoms with Crippen LogP contribution in [-0.4, -0.2) is 33.5 Å². The lowest BCUT2D eigenvalue weighted by Crippen LogP contribution is -2.20. The van der Waals surface area contributed by atoms with Crippen LogP contribution in [0.3, 0.4) is 0 Å². The standard InChI is InChI=1S/C11H12F3NO3/c1-15(2)7-4-5-8(10(16)17-3)9(6-7)18-11(12,13)14/h4-6H,1-3H3. The lowest BCUT2D eigenvalue weighted by atomic mass is 10.1. The van der Waals surface area contributed by atoms with E-state index in [1.807, 2.05) is 0 Å². The minimum absolute atomic E-state index is 0.277. The molecule has 0 aliphatic rings. The summed E-state index contributed by atoms with van der Waals surface area (Å²) in [5, 5.41) is 0. The third-order valence-electron chi connectivity index (χ3n) is 2.11. The molecule has 0 bridgehead atoms. The maximum atomic E-state index is 12.2. The van der Waals surface area contributed by atoms with Crippen LogP contribution >= 0.6 is 0 Å². The second kappa shape index (κ2) is 5.16. The highest BCUT2D eigenvalue weighted by Crippen LogP contribution is 2.30. The molecule has 100 valence electrons. The molecular weight excluding hydrogens is 251 g/mol. The predicted molar refractivity (Wildman–Crippen MR) is 58.8 cm³/mol. The number of carbonyl (C=O) groups excluding carboxylic acids is 1. The fourth-order valence-electron chi connectivity index (χ4n) is 1.28. The van der Waals surface area contributed by atoms with Gasteiger partial charge in [0.05, 0.1) is 7.11 Å². The summed E-state index contributed by atoms with van der Waals surface area (Å²) in [6.45, 7) is 0. The van der Waals surface area contributed by atoms with Crippen molar-refractivity contribution in [3.05, 3.63) is 23.8 Å². The number of anilines is 1. The molecule has 1 rings (SSSR count). The minimum atomic E-state index is -4.87. The molecule has 0 spiro atoms. The third-order valence-corrected chi connectivity index (χ3v) is 2.11. The van der Waals surface area contributed by atoms with Gasteiger partial charge in [-0.25, -0.2) is 4.79 Å². The van der Waals surface area contributed by atoms with Crippen LogP contribution in [0.15, 0.2) is 18.2 Å². The van der Waals surface area contributed by atoms with Crippen LogP contribution in [0.5, 0.6) is 5.75 Å². The van der Waals surface area contributed by atoms with Crippen LogP contribution < -0.4 is 9.64 Å². The number of carbonyl (C=O) groups is 1. The average Bonchev–Trinajstić information content (AvgIpc) is 2.25. The molecule has 0 saturated carbocycles. The minimum Gasteiger partial charge on any atom is -0.465 e. The lowest BCUT2D eigenvalue weighted by Gasteiger charge is -2.17. The Bertz CT molecular complexity index is 444. The molecule has 0 aromatic heterocycles. The fourth-order valence-corrected chi connectivity index (χ4v) is 1.28. The van der Waals surface area contributed by atoms with Gasteiger partial charge in [-0.15, -0.1) is 13.2 Å². The Kier molecular flexibility index (Phi) is 4.05. The number of ether oxygens (including phenoxy) is 2. The number of methoxy groups -OCH3 is 1. The van der Waals surface area contributed by atoms with Crippen molar-refractivity contribution in [2.24, 2.45) is 0 Å². The van der Waals surface area contributed by atoms with E-state index in [0.29, 0.717) is 5.69 Å². The molecule has 0 aliphatic heterocycles. The Balaban J connectivity index is 3.22. The zero-order valence-corrected chi connectivity index (χ0v) is 10.0. The molecule has 0 amide bonds. The van der Waals surface area contributed by atoms with Crippen LogP contribution in [0.2, 0.25) is 0 Å². The Morgan fingerprint density at radius 2 is 1.89 bits per heavy atom. The van der Waals surface area contributed by atoms with Crippen LogP contribution in [0.4, 0.5) is 18.9 Å². The zero-order valence-electron chi connectivity index (χ0n) is 10.0. The van der Waals surface area contributed by atoms with Gasteiger partial charge in [0, 0.05) is 25.8 Å². The Hall–Kier alpha value is -1.92. The quantitative estimate of drug-likeness (QED) is 0.785. The second-order valence-corrected chi connectivity index (χ2v) is 3.61. The number of benzene rings is 1. The van der Waals surface area contributed by atoms with Crippen LogP contribution in [0, 0.1) is 0 Å². The first-order valence-electron chi connectivity index (χ1n) is 4.90. The van der Waals surface area contributed by atoms with Crippen LogP contribution in [0.25, 0.3) is 0 Å². The molecular formula is C11H12F3NO3. The number of alkyl halides is 3. The number of hydrogen-bond donors (Lipinski definition) is 0. The number of esters is 1. The second-order valence-electron chi connectivity index (χ2n) is 3.61. The summed E-state index contributed by atoms with van der Waals surface area (Å²) in [7, 11) is 4.40. The van der Waals surface area contributed by atoms with Gasteiger partial charge >= 0.3 is 12.3 Å². The molecule has 18 heavy (non-hydrogen) atoms. The highest BCUT2D eigenvalue weighted by molar-refractivity contribution is 5.93. The van der Waals surface area contributed by atoms with Crippen molar-refractivity contribution < 1.29 is 27.4 Å². The Labute approximate surface area is 102 Å².